The maximum Gasteiger partial charge on any atom is 0.315 e. The summed E-state index contributed by atoms with van der Waals surface area (Å²) in [7, 11) is 3.19. The summed E-state index contributed by atoms with van der Waals surface area (Å²) in [6, 6.07) is 5.25. The maximum absolute atomic E-state index is 12.3. The van der Waals surface area contributed by atoms with Crippen molar-refractivity contribution >= 4 is 6.03 Å². The number of methoxy groups -OCH3 is 2. The van der Waals surface area contributed by atoms with Crippen LogP contribution in [0.2, 0.25) is 0 Å². The Bertz CT molecular complexity index is 805. The Kier molecular flexibility index (Phi) is 6.73. The lowest BCUT2D eigenvalue weighted by Crippen LogP contribution is -2.38. The van der Waals surface area contributed by atoms with E-state index in [2.05, 4.69) is 25.4 Å². The number of rotatable bonds is 7. The fraction of sp³-hybridized carbons (Fsp3) is 0.550. The Balaban J connectivity index is 1.50. The van der Waals surface area contributed by atoms with Crippen LogP contribution in [0.1, 0.15) is 49.4 Å². The summed E-state index contributed by atoms with van der Waals surface area (Å²) in [5, 5.41) is 14.4. The molecule has 1 aromatic heterocycles. The van der Waals surface area contributed by atoms with Gasteiger partial charge in [0, 0.05) is 25.9 Å². The number of carbonyl (C=O) groups excluding carboxylic acids is 1. The van der Waals surface area contributed by atoms with E-state index in [4.69, 9.17) is 9.47 Å². The third kappa shape index (κ3) is 4.74. The summed E-state index contributed by atoms with van der Waals surface area (Å²) < 4.78 is 12.8. The van der Waals surface area contributed by atoms with E-state index in [1.54, 1.807) is 14.2 Å². The van der Waals surface area contributed by atoms with Gasteiger partial charge in [-0.2, -0.15) is 0 Å². The van der Waals surface area contributed by atoms with Gasteiger partial charge in [-0.25, -0.2) is 4.79 Å². The molecule has 1 atom stereocenters. The van der Waals surface area contributed by atoms with Crippen molar-refractivity contribution < 1.29 is 14.3 Å². The maximum atomic E-state index is 12.3. The van der Waals surface area contributed by atoms with Crippen LogP contribution in [0.5, 0.6) is 11.5 Å². The molecule has 0 saturated heterocycles. The lowest BCUT2D eigenvalue weighted by atomic mass is 10.1. The van der Waals surface area contributed by atoms with E-state index >= 15 is 0 Å². The number of fused-ring (bicyclic) bond motifs is 1. The second-order valence-electron chi connectivity index (χ2n) is 6.98. The van der Waals surface area contributed by atoms with Crippen LogP contribution in [0.3, 0.4) is 0 Å². The van der Waals surface area contributed by atoms with E-state index in [1.807, 2.05) is 25.1 Å². The predicted octanol–water partition coefficient (Wildman–Crippen LogP) is 2.62. The highest BCUT2D eigenvalue weighted by atomic mass is 16.5. The molecule has 2 amide bonds. The number of nitrogens with one attached hydrogen (secondary N) is 2. The van der Waals surface area contributed by atoms with Crippen molar-refractivity contribution in [3.8, 4) is 11.5 Å². The third-order valence-corrected chi connectivity index (χ3v) is 5.08. The molecule has 0 unspecified atom stereocenters. The molecular weight excluding hydrogens is 358 g/mol. The molecular formula is C20H29N5O3. The van der Waals surface area contributed by atoms with Crippen LogP contribution in [0.25, 0.3) is 0 Å². The average Bonchev–Trinajstić information content (AvgIpc) is 2.93. The SMILES string of the molecule is COc1ccc([C@@H](C)NC(=O)NCCc2nnc3n2CCCCC3)cc1OC. The van der Waals surface area contributed by atoms with Crippen molar-refractivity contribution in [3.05, 3.63) is 35.4 Å². The van der Waals surface area contributed by atoms with Crippen LogP contribution in [-0.4, -0.2) is 41.6 Å². The van der Waals surface area contributed by atoms with Gasteiger partial charge in [0.05, 0.1) is 20.3 Å². The van der Waals surface area contributed by atoms with Crippen LogP contribution < -0.4 is 20.1 Å². The molecule has 2 heterocycles. The summed E-state index contributed by atoms with van der Waals surface area (Å²) in [4.78, 5) is 12.3. The molecule has 0 bridgehead atoms. The second kappa shape index (κ2) is 9.43. The number of amides is 2. The van der Waals surface area contributed by atoms with E-state index < -0.39 is 0 Å². The van der Waals surface area contributed by atoms with Gasteiger partial charge in [-0.15, -0.1) is 10.2 Å². The Morgan fingerprint density at radius 3 is 2.79 bits per heavy atom. The van der Waals surface area contributed by atoms with Gasteiger partial charge in [0.1, 0.15) is 11.6 Å². The molecule has 0 saturated carbocycles. The molecule has 0 fully saturated rings. The molecule has 2 N–H and O–H groups in total. The molecule has 0 spiro atoms. The molecule has 2 aromatic rings. The zero-order valence-electron chi connectivity index (χ0n) is 16.8. The van der Waals surface area contributed by atoms with Gasteiger partial charge in [-0.05, 0) is 37.5 Å². The van der Waals surface area contributed by atoms with Gasteiger partial charge in [0.2, 0.25) is 0 Å². The molecule has 0 aliphatic carbocycles. The zero-order valence-corrected chi connectivity index (χ0v) is 16.8. The van der Waals surface area contributed by atoms with Crippen molar-refractivity contribution in [2.75, 3.05) is 20.8 Å². The number of hydrogen-bond donors (Lipinski definition) is 2. The molecule has 1 aromatic carbocycles. The highest BCUT2D eigenvalue weighted by Gasteiger charge is 2.15. The first-order valence-corrected chi connectivity index (χ1v) is 9.79. The summed E-state index contributed by atoms with van der Waals surface area (Å²) in [6.07, 6.45) is 5.23. The first-order valence-electron chi connectivity index (χ1n) is 9.79. The molecule has 152 valence electrons. The van der Waals surface area contributed by atoms with Crippen molar-refractivity contribution in [2.24, 2.45) is 0 Å². The summed E-state index contributed by atoms with van der Waals surface area (Å²) >= 11 is 0. The highest BCUT2D eigenvalue weighted by Crippen LogP contribution is 2.29. The van der Waals surface area contributed by atoms with Crippen LogP contribution in [0, 0.1) is 0 Å². The molecule has 1 aliphatic rings. The van der Waals surface area contributed by atoms with Crippen molar-refractivity contribution in [2.45, 2.75) is 51.6 Å². The van der Waals surface area contributed by atoms with Gasteiger partial charge in [-0.3, -0.25) is 0 Å². The van der Waals surface area contributed by atoms with E-state index in [0.29, 0.717) is 24.5 Å². The Morgan fingerprint density at radius 1 is 1.18 bits per heavy atom. The number of benzene rings is 1. The minimum absolute atomic E-state index is 0.163. The number of hydrogen-bond acceptors (Lipinski definition) is 5. The van der Waals surface area contributed by atoms with Crippen molar-refractivity contribution in [1.82, 2.24) is 25.4 Å². The highest BCUT2D eigenvalue weighted by molar-refractivity contribution is 5.74. The predicted molar refractivity (Wildman–Crippen MR) is 106 cm³/mol. The van der Waals surface area contributed by atoms with Crippen molar-refractivity contribution in [3.63, 3.8) is 0 Å². The van der Waals surface area contributed by atoms with Gasteiger partial charge in [0.15, 0.2) is 11.5 Å². The molecule has 1 aliphatic heterocycles. The minimum atomic E-state index is -0.210. The van der Waals surface area contributed by atoms with E-state index in [9.17, 15) is 4.79 Å². The minimum Gasteiger partial charge on any atom is -0.493 e. The summed E-state index contributed by atoms with van der Waals surface area (Å²) in [5.74, 6) is 3.32. The largest absolute Gasteiger partial charge is 0.493 e. The molecule has 28 heavy (non-hydrogen) atoms. The number of carbonyl (C=O) groups is 1. The molecule has 0 radical (unpaired) electrons. The van der Waals surface area contributed by atoms with E-state index in [0.717, 1.165) is 36.6 Å². The quantitative estimate of drug-likeness (QED) is 0.762. The number of nitrogens with zero attached hydrogens (tertiary/aromatic N) is 3. The van der Waals surface area contributed by atoms with Crippen LogP contribution in [0.4, 0.5) is 4.79 Å². The Hall–Kier alpha value is -2.77. The van der Waals surface area contributed by atoms with E-state index in [-0.39, 0.29) is 12.1 Å². The van der Waals surface area contributed by atoms with Gasteiger partial charge in [0.25, 0.3) is 0 Å². The second-order valence-corrected chi connectivity index (χ2v) is 6.98. The van der Waals surface area contributed by atoms with Crippen LogP contribution >= 0.6 is 0 Å². The van der Waals surface area contributed by atoms with E-state index in [1.165, 1.54) is 12.8 Å². The fourth-order valence-electron chi connectivity index (χ4n) is 3.47. The first-order chi connectivity index (χ1) is 13.6. The van der Waals surface area contributed by atoms with Crippen molar-refractivity contribution in [1.29, 1.82) is 0 Å². The summed E-state index contributed by atoms with van der Waals surface area (Å²) in [6.45, 7) is 3.42. The fourth-order valence-corrected chi connectivity index (χ4v) is 3.47. The number of ether oxygens (including phenoxy) is 2. The molecule has 8 heteroatoms. The Morgan fingerprint density at radius 2 is 2.00 bits per heavy atom. The Labute approximate surface area is 165 Å². The number of aryl methyl sites for hydroxylation is 1. The topological polar surface area (TPSA) is 90.3 Å². The summed E-state index contributed by atoms with van der Waals surface area (Å²) in [5.41, 5.74) is 0.940. The lowest BCUT2D eigenvalue weighted by molar-refractivity contribution is 0.238. The van der Waals surface area contributed by atoms with Crippen LogP contribution in [0.15, 0.2) is 18.2 Å². The average molecular weight is 387 g/mol. The number of aromatic nitrogens is 3. The van der Waals surface area contributed by atoms with Crippen LogP contribution in [-0.2, 0) is 19.4 Å². The third-order valence-electron chi connectivity index (χ3n) is 5.08. The monoisotopic (exact) mass is 387 g/mol. The zero-order chi connectivity index (χ0) is 19.9. The lowest BCUT2D eigenvalue weighted by Gasteiger charge is -2.17. The van der Waals surface area contributed by atoms with Gasteiger partial charge >= 0.3 is 6.03 Å². The molecule has 3 rings (SSSR count). The first kappa shape index (κ1) is 20.0. The smallest absolute Gasteiger partial charge is 0.315 e. The number of urea groups is 1. The molecule has 8 nitrogen and oxygen atoms in total. The van der Waals surface area contributed by atoms with Gasteiger partial charge < -0.3 is 24.7 Å². The van der Waals surface area contributed by atoms with Gasteiger partial charge in [-0.1, -0.05) is 12.5 Å². The normalized spacial score (nSPS) is 14.5. The standard InChI is InChI=1S/C20H29N5O3/c1-14(15-8-9-16(27-2)17(13-15)28-3)22-20(26)21-11-10-19-24-23-18-7-5-4-6-12-25(18)19/h8-9,13-14H,4-7,10-12H2,1-3H3,(H2,21,22,26)/t14-/m1/s1.